The molecule has 0 bridgehead atoms. The lowest BCUT2D eigenvalue weighted by Gasteiger charge is -2.39. The summed E-state index contributed by atoms with van der Waals surface area (Å²) in [5.41, 5.74) is 0.0438. The fourth-order valence-corrected chi connectivity index (χ4v) is 4.13. The van der Waals surface area contributed by atoms with E-state index in [1.165, 1.54) is 38.5 Å². The molecule has 2 rings (SSSR count). The van der Waals surface area contributed by atoms with Crippen LogP contribution in [0.15, 0.2) is 0 Å². The average molecular weight is 316 g/mol. The van der Waals surface area contributed by atoms with E-state index < -0.39 is 0 Å². The first-order valence-corrected chi connectivity index (χ1v) is 8.63. The maximum absolute atomic E-state index is 12.2. The molecule has 2 fully saturated rings. The van der Waals surface area contributed by atoms with Gasteiger partial charge in [0.15, 0.2) is 0 Å². The minimum atomic E-state index is 0.0438. The fraction of sp³-hybridized carbons (Fsp3) is 0.933. The first-order valence-electron chi connectivity index (χ1n) is 7.50. The number of carbonyl (C=O) groups is 1. The molecule has 0 atom stereocenters. The smallest absolute Gasteiger partial charge is 0.220 e. The van der Waals surface area contributed by atoms with Crippen LogP contribution in [0.1, 0.15) is 64.7 Å². The van der Waals surface area contributed by atoms with Crippen LogP contribution in [-0.4, -0.2) is 16.8 Å². The van der Waals surface area contributed by atoms with E-state index in [9.17, 15) is 4.79 Å². The van der Waals surface area contributed by atoms with Gasteiger partial charge in [0.1, 0.15) is 0 Å². The Hall–Kier alpha value is -0.0500. The maximum atomic E-state index is 12.2. The number of hydrogen-bond acceptors (Lipinski definition) is 1. The molecular formula is C15H26BrNO. The van der Waals surface area contributed by atoms with Gasteiger partial charge in [-0.15, -0.1) is 0 Å². The van der Waals surface area contributed by atoms with Crippen molar-refractivity contribution in [1.29, 1.82) is 0 Å². The average Bonchev–Trinajstić information content (AvgIpc) is 2.85. The summed E-state index contributed by atoms with van der Waals surface area (Å²) in [5.74, 6) is 1.76. The molecule has 0 spiro atoms. The molecule has 0 aromatic carbocycles. The van der Waals surface area contributed by atoms with Gasteiger partial charge in [0.2, 0.25) is 5.91 Å². The van der Waals surface area contributed by atoms with Crippen molar-refractivity contribution in [2.75, 3.05) is 5.33 Å². The molecule has 1 N–H and O–H groups in total. The first-order chi connectivity index (χ1) is 8.63. The van der Waals surface area contributed by atoms with Crippen molar-refractivity contribution in [2.24, 2.45) is 11.8 Å². The molecule has 2 aliphatic rings. The second kappa shape index (κ2) is 6.40. The Morgan fingerprint density at radius 3 is 2.39 bits per heavy atom. The number of alkyl halides is 1. The minimum absolute atomic E-state index is 0.0438. The molecule has 0 saturated heterocycles. The molecule has 0 aromatic heterocycles. The molecule has 2 saturated carbocycles. The van der Waals surface area contributed by atoms with Crippen molar-refractivity contribution < 1.29 is 4.79 Å². The van der Waals surface area contributed by atoms with Crippen molar-refractivity contribution in [1.82, 2.24) is 5.32 Å². The van der Waals surface area contributed by atoms with Crippen LogP contribution >= 0.6 is 15.9 Å². The molecule has 2 aliphatic carbocycles. The molecule has 0 heterocycles. The van der Waals surface area contributed by atoms with Crippen molar-refractivity contribution in [3.8, 4) is 0 Å². The fourth-order valence-electron chi connectivity index (χ4n) is 3.43. The number of halogens is 1. The zero-order valence-electron chi connectivity index (χ0n) is 11.5. The first kappa shape index (κ1) is 14.4. The highest BCUT2D eigenvalue weighted by Gasteiger charge is 2.35. The van der Waals surface area contributed by atoms with Gasteiger partial charge >= 0.3 is 0 Å². The summed E-state index contributed by atoms with van der Waals surface area (Å²) in [6, 6.07) is 0. The Labute approximate surface area is 119 Å². The summed E-state index contributed by atoms with van der Waals surface area (Å²) in [7, 11) is 0. The highest BCUT2D eigenvalue weighted by molar-refractivity contribution is 9.09. The number of nitrogens with one attached hydrogen (secondary N) is 1. The number of amides is 1. The highest BCUT2D eigenvalue weighted by Crippen LogP contribution is 2.34. The Morgan fingerprint density at radius 1 is 1.22 bits per heavy atom. The second-order valence-electron chi connectivity index (χ2n) is 6.50. The maximum Gasteiger partial charge on any atom is 0.220 e. The molecule has 1 amide bonds. The van der Waals surface area contributed by atoms with E-state index in [4.69, 9.17) is 0 Å². The van der Waals surface area contributed by atoms with Crippen molar-refractivity contribution >= 4 is 21.8 Å². The number of rotatable bonds is 4. The minimum Gasteiger partial charge on any atom is -0.350 e. The van der Waals surface area contributed by atoms with Crippen LogP contribution < -0.4 is 5.32 Å². The lowest BCUT2D eigenvalue weighted by atomic mass is 9.78. The van der Waals surface area contributed by atoms with Gasteiger partial charge in [0, 0.05) is 17.3 Å². The van der Waals surface area contributed by atoms with Crippen LogP contribution in [0.5, 0.6) is 0 Å². The van der Waals surface area contributed by atoms with Gasteiger partial charge in [0.05, 0.1) is 0 Å². The molecule has 3 heteroatoms. The van der Waals surface area contributed by atoms with Crippen molar-refractivity contribution in [3.05, 3.63) is 0 Å². The van der Waals surface area contributed by atoms with Gasteiger partial charge in [-0.05, 0) is 50.4 Å². The molecule has 0 aromatic rings. The van der Waals surface area contributed by atoms with Crippen LogP contribution in [0.4, 0.5) is 0 Å². The van der Waals surface area contributed by atoms with E-state index in [0.29, 0.717) is 5.92 Å². The zero-order chi connectivity index (χ0) is 13.0. The van der Waals surface area contributed by atoms with Gasteiger partial charge in [-0.25, -0.2) is 0 Å². The van der Waals surface area contributed by atoms with Gasteiger partial charge < -0.3 is 5.32 Å². The van der Waals surface area contributed by atoms with Crippen LogP contribution in [0.2, 0.25) is 0 Å². The van der Waals surface area contributed by atoms with Crippen LogP contribution in [0, 0.1) is 11.8 Å². The molecule has 0 aliphatic heterocycles. The SMILES string of the molecule is CC1CCC(CBr)(NC(=O)CC2CCCC2)CC1. The highest BCUT2D eigenvalue weighted by atomic mass is 79.9. The molecule has 2 nitrogen and oxygen atoms in total. The van der Waals surface area contributed by atoms with E-state index in [1.807, 2.05) is 0 Å². The second-order valence-corrected chi connectivity index (χ2v) is 7.06. The largest absolute Gasteiger partial charge is 0.350 e. The van der Waals surface area contributed by atoms with Gasteiger partial charge in [-0.2, -0.15) is 0 Å². The normalized spacial score (nSPS) is 33.6. The van der Waals surface area contributed by atoms with Crippen molar-refractivity contribution in [3.63, 3.8) is 0 Å². The summed E-state index contributed by atoms with van der Waals surface area (Å²) in [6.45, 7) is 2.32. The van der Waals surface area contributed by atoms with E-state index in [1.54, 1.807) is 0 Å². The van der Waals surface area contributed by atoms with Crippen molar-refractivity contribution in [2.45, 2.75) is 70.3 Å². The third-order valence-corrected chi connectivity index (χ3v) is 5.91. The monoisotopic (exact) mass is 315 g/mol. The molecule has 18 heavy (non-hydrogen) atoms. The van der Waals surface area contributed by atoms with Crippen LogP contribution in [0.25, 0.3) is 0 Å². The van der Waals surface area contributed by atoms with E-state index >= 15 is 0 Å². The Balaban J connectivity index is 1.83. The Kier molecular flexibility index (Phi) is 5.11. The van der Waals surface area contributed by atoms with E-state index in [0.717, 1.165) is 30.5 Å². The number of hydrogen-bond donors (Lipinski definition) is 1. The molecule has 0 unspecified atom stereocenters. The van der Waals surface area contributed by atoms with Gasteiger partial charge in [0.25, 0.3) is 0 Å². The topological polar surface area (TPSA) is 29.1 Å². The van der Waals surface area contributed by atoms with Crippen LogP contribution in [-0.2, 0) is 4.79 Å². The molecule has 0 radical (unpaired) electrons. The van der Waals surface area contributed by atoms with Crippen LogP contribution in [0.3, 0.4) is 0 Å². The third-order valence-electron chi connectivity index (χ3n) is 4.84. The Bertz CT molecular complexity index is 278. The third kappa shape index (κ3) is 3.72. The van der Waals surface area contributed by atoms with E-state index in [-0.39, 0.29) is 11.4 Å². The standard InChI is InChI=1S/C15H26BrNO/c1-12-6-8-15(11-16,9-7-12)17-14(18)10-13-4-2-3-5-13/h12-13H,2-11H2,1H3,(H,17,18). The predicted octanol–water partition coefficient (Wildman–Crippen LogP) is 4.03. The summed E-state index contributed by atoms with van der Waals surface area (Å²) in [5, 5.41) is 4.25. The summed E-state index contributed by atoms with van der Waals surface area (Å²) in [6.07, 6.45) is 10.7. The predicted molar refractivity (Wildman–Crippen MR) is 78.9 cm³/mol. The molecular weight excluding hydrogens is 290 g/mol. The molecule has 104 valence electrons. The van der Waals surface area contributed by atoms with Gasteiger partial charge in [-0.1, -0.05) is 35.7 Å². The summed E-state index contributed by atoms with van der Waals surface area (Å²) >= 11 is 3.61. The van der Waals surface area contributed by atoms with Gasteiger partial charge in [-0.3, -0.25) is 4.79 Å². The summed E-state index contributed by atoms with van der Waals surface area (Å²) in [4.78, 5) is 12.2. The number of carbonyl (C=O) groups excluding carboxylic acids is 1. The Morgan fingerprint density at radius 2 is 1.83 bits per heavy atom. The quantitative estimate of drug-likeness (QED) is 0.780. The lowest BCUT2D eigenvalue weighted by Crippen LogP contribution is -2.52. The zero-order valence-corrected chi connectivity index (χ0v) is 13.1. The van der Waals surface area contributed by atoms with E-state index in [2.05, 4.69) is 28.2 Å². The lowest BCUT2D eigenvalue weighted by molar-refractivity contribution is -0.124. The summed E-state index contributed by atoms with van der Waals surface area (Å²) < 4.78 is 0.